The summed E-state index contributed by atoms with van der Waals surface area (Å²) >= 11 is 0. The third kappa shape index (κ3) is 5.00. The van der Waals surface area contributed by atoms with Crippen LogP contribution in [0, 0.1) is 5.92 Å². The van der Waals surface area contributed by atoms with E-state index in [4.69, 9.17) is 10.6 Å². The lowest BCUT2D eigenvalue weighted by Gasteiger charge is -2.26. The van der Waals surface area contributed by atoms with Gasteiger partial charge in [-0.3, -0.25) is 5.43 Å². The predicted octanol–water partition coefficient (Wildman–Crippen LogP) is 1.96. The zero-order valence-electron chi connectivity index (χ0n) is 13.0. The van der Waals surface area contributed by atoms with Crippen LogP contribution in [0.5, 0.6) is 6.01 Å². The maximum atomic E-state index is 5.65. The molecule has 1 saturated heterocycles. The zero-order valence-corrected chi connectivity index (χ0v) is 13.0. The average molecular weight is 294 g/mol. The van der Waals surface area contributed by atoms with Crippen LogP contribution in [0.1, 0.15) is 46.0 Å². The number of ether oxygens (including phenoxy) is 1. The number of aromatic nitrogens is 3. The highest BCUT2D eigenvalue weighted by molar-refractivity contribution is 5.37. The van der Waals surface area contributed by atoms with Crippen molar-refractivity contribution in [3.63, 3.8) is 0 Å². The summed E-state index contributed by atoms with van der Waals surface area (Å²) in [5, 5.41) is 0. The molecule has 0 bridgehead atoms. The van der Waals surface area contributed by atoms with Crippen LogP contribution in [-0.4, -0.2) is 34.6 Å². The van der Waals surface area contributed by atoms with Crippen molar-refractivity contribution in [1.29, 1.82) is 0 Å². The molecular weight excluding hydrogens is 268 g/mol. The molecule has 0 atom stereocenters. The molecule has 2 heterocycles. The SMILES string of the molecule is CC(C)CCCOc1nc(NN)nc(N2CCCCC2)n1. The highest BCUT2D eigenvalue weighted by Crippen LogP contribution is 2.19. The Bertz CT molecular complexity index is 433. The molecule has 0 amide bonds. The standard InChI is InChI=1S/C14H26N6O/c1-11(2)7-6-10-21-14-17-12(19-15)16-13(18-14)20-8-4-3-5-9-20/h11H,3-10,15H2,1-2H3,(H,16,17,18,19). The summed E-state index contributed by atoms with van der Waals surface area (Å²) < 4.78 is 5.65. The van der Waals surface area contributed by atoms with Gasteiger partial charge < -0.3 is 9.64 Å². The van der Waals surface area contributed by atoms with E-state index >= 15 is 0 Å². The van der Waals surface area contributed by atoms with E-state index in [1.54, 1.807) is 0 Å². The molecule has 0 aromatic carbocycles. The van der Waals surface area contributed by atoms with E-state index in [1.165, 1.54) is 19.3 Å². The summed E-state index contributed by atoms with van der Waals surface area (Å²) in [5.41, 5.74) is 2.49. The number of hydrogen-bond acceptors (Lipinski definition) is 7. The van der Waals surface area contributed by atoms with Gasteiger partial charge in [-0.25, -0.2) is 5.84 Å². The summed E-state index contributed by atoms with van der Waals surface area (Å²) in [6, 6.07) is 0.349. The molecule has 118 valence electrons. The van der Waals surface area contributed by atoms with Crippen molar-refractivity contribution in [3.8, 4) is 6.01 Å². The van der Waals surface area contributed by atoms with Gasteiger partial charge in [0, 0.05) is 13.1 Å². The molecule has 7 nitrogen and oxygen atoms in total. The molecule has 21 heavy (non-hydrogen) atoms. The Kier molecular flexibility index (Phi) is 5.98. The van der Waals surface area contributed by atoms with Gasteiger partial charge in [0.15, 0.2) is 0 Å². The van der Waals surface area contributed by atoms with Crippen LogP contribution in [-0.2, 0) is 0 Å². The van der Waals surface area contributed by atoms with Crippen molar-refractivity contribution in [2.45, 2.75) is 46.0 Å². The van der Waals surface area contributed by atoms with Gasteiger partial charge in [-0.05, 0) is 38.0 Å². The van der Waals surface area contributed by atoms with Crippen LogP contribution in [0.15, 0.2) is 0 Å². The third-order valence-corrected chi connectivity index (χ3v) is 3.53. The quantitative estimate of drug-likeness (QED) is 0.451. The Labute approximate surface area is 126 Å². The Balaban J connectivity index is 1.99. The van der Waals surface area contributed by atoms with E-state index in [-0.39, 0.29) is 0 Å². The van der Waals surface area contributed by atoms with Crippen molar-refractivity contribution in [1.82, 2.24) is 15.0 Å². The minimum Gasteiger partial charge on any atom is -0.463 e. The molecule has 1 aromatic rings. The maximum absolute atomic E-state index is 5.65. The Morgan fingerprint density at radius 2 is 1.95 bits per heavy atom. The summed E-state index contributed by atoms with van der Waals surface area (Å²) in [4.78, 5) is 15.0. The number of rotatable bonds is 7. The Hall–Kier alpha value is -1.63. The van der Waals surface area contributed by atoms with E-state index in [2.05, 4.69) is 39.1 Å². The van der Waals surface area contributed by atoms with Gasteiger partial charge >= 0.3 is 6.01 Å². The number of nitrogens with two attached hydrogens (primary N) is 1. The molecule has 0 saturated carbocycles. The molecule has 0 spiro atoms. The van der Waals surface area contributed by atoms with E-state index in [0.29, 0.717) is 30.4 Å². The van der Waals surface area contributed by atoms with Crippen LogP contribution in [0.2, 0.25) is 0 Å². The molecule has 0 radical (unpaired) electrons. The van der Waals surface area contributed by atoms with Gasteiger partial charge in [-0.15, -0.1) is 0 Å². The second kappa shape index (κ2) is 7.97. The Morgan fingerprint density at radius 3 is 2.62 bits per heavy atom. The number of hydrazine groups is 1. The average Bonchev–Trinajstić information content (AvgIpc) is 2.52. The van der Waals surface area contributed by atoms with Gasteiger partial charge in [-0.2, -0.15) is 15.0 Å². The van der Waals surface area contributed by atoms with E-state index < -0.39 is 0 Å². The van der Waals surface area contributed by atoms with Crippen molar-refractivity contribution < 1.29 is 4.74 Å². The van der Waals surface area contributed by atoms with Gasteiger partial charge in [0.2, 0.25) is 11.9 Å². The van der Waals surface area contributed by atoms with Gasteiger partial charge in [0.25, 0.3) is 0 Å². The molecule has 1 fully saturated rings. The summed E-state index contributed by atoms with van der Waals surface area (Å²) in [5.74, 6) is 7.11. The van der Waals surface area contributed by atoms with Gasteiger partial charge in [0.1, 0.15) is 0 Å². The first kappa shape index (κ1) is 15.8. The van der Waals surface area contributed by atoms with Crippen molar-refractivity contribution in [3.05, 3.63) is 0 Å². The number of nitrogens with one attached hydrogen (secondary N) is 1. The highest BCUT2D eigenvalue weighted by atomic mass is 16.5. The normalized spacial score (nSPS) is 15.3. The number of anilines is 2. The van der Waals surface area contributed by atoms with E-state index in [1.807, 2.05) is 0 Å². The summed E-state index contributed by atoms with van der Waals surface area (Å²) in [6.07, 6.45) is 5.73. The molecule has 0 aliphatic carbocycles. The monoisotopic (exact) mass is 294 g/mol. The largest absolute Gasteiger partial charge is 0.463 e. The molecule has 3 N–H and O–H groups in total. The molecule has 0 unspecified atom stereocenters. The zero-order chi connectivity index (χ0) is 15.1. The lowest BCUT2D eigenvalue weighted by Crippen LogP contribution is -2.31. The molecule has 2 rings (SSSR count). The van der Waals surface area contributed by atoms with Crippen LogP contribution in [0.4, 0.5) is 11.9 Å². The minimum absolute atomic E-state index is 0.349. The number of piperidine rings is 1. The second-order valence-corrected chi connectivity index (χ2v) is 5.82. The molecule has 1 aliphatic rings. The topological polar surface area (TPSA) is 89.2 Å². The van der Waals surface area contributed by atoms with Crippen LogP contribution >= 0.6 is 0 Å². The minimum atomic E-state index is 0.349. The van der Waals surface area contributed by atoms with E-state index in [0.717, 1.165) is 25.9 Å². The molecule has 7 heteroatoms. The first-order valence-electron chi connectivity index (χ1n) is 7.79. The Morgan fingerprint density at radius 1 is 1.19 bits per heavy atom. The fraction of sp³-hybridized carbons (Fsp3) is 0.786. The van der Waals surface area contributed by atoms with Crippen LogP contribution in [0.3, 0.4) is 0 Å². The first-order valence-corrected chi connectivity index (χ1v) is 7.79. The van der Waals surface area contributed by atoms with E-state index in [9.17, 15) is 0 Å². The fourth-order valence-corrected chi connectivity index (χ4v) is 2.37. The van der Waals surface area contributed by atoms with Crippen LogP contribution in [0.25, 0.3) is 0 Å². The smallest absolute Gasteiger partial charge is 0.323 e. The number of hydrogen-bond donors (Lipinski definition) is 2. The van der Waals surface area contributed by atoms with Crippen LogP contribution < -0.4 is 20.9 Å². The third-order valence-electron chi connectivity index (χ3n) is 3.53. The lowest BCUT2D eigenvalue weighted by molar-refractivity contribution is 0.275. The lowest BCUT2D eigenvalue weighted by atomic mass is 10.1. The second-order valence-electron chi connectivity index (χ2n) is 5.82. The number of nitrogen functional groups attached to an aromatic ring is 1. The molecule has 1 aromatic heterocycles. The maximum Gasteiger partial charge on any atom is 0.323 e. The van der Waals surface area contributed by atoms with Gasteiger partial charge in [-0.1, -0.05) is 13.8 Å². The fourth-order valence-electron chi connectivity index (χ4n) is 2.37. The van der Waals surface area contributed by atoms with Crippen molar-refractivity contribution in [2.75, 3.05) is 30.0 Å². The van der Waals surface area contributed by atoms with Gasteiger partial charge in [0.05, 0.1) is 6.61 Å². The molecular formula is C14H26N6O. The predicted molar refractivity (Wildman–Crippen MR) is 83.3 cm³/mol. The molecule has 1 aliphatic heterocycles. The summed E-state index contributed by atoms with van der Waals surface area (Å²) in [7, 11) is 0. The highest BCUT2D eigenvalue weighted by Gasteiger charge is 2.16. The first-order chi connectivity index (χ1) is 10.2. The number of nitrogens with zero attached hydrogens (tertiary/aromatic N) is 4. The summed E-state index contributed by atoms with van der Waals surface area (Å²) in [6.45, 7) is 6.97. The van der Waals surface area contributed by atoms with Crippen molar-refractivity contribution in [2.24, 2.45) is 11.8 Å². The van der Waals surface area contributed by atoms with Crippen molar-refractivity contribution >= 4 is 11.9 Å².